The third-order valence-corrected chi connectivity index (χ3v) is 6.22. The Morgan fingerprint density at radius 2 is 1.12 bits per heavy atom. The van der Waals surface area contributed by atoms with Gasteiger partial charge in [0.15, 0.2) is 0 Å². The molecule has 0 heterocycles. The highest BCUT2D eigenvalue weighted by atomic mass is 16.3. The van der Waals surface area contributed by atoms with Gasteiger partial charge in [0.2, 0.25) is 0 Å². The molecule has 0 saturated heterocycles. The Hall–Kier alpha value is -3.98. The lowest BCUT2D eigenvalue weighted by atomic mass is 9.92. The fourth-order valence-electron chi connectivity index (χ4n) is 4.59. The Morgan fingerprint density at radius 1 is 0.594 bits per heavy atom. The standard InChI is InChI=1S/C29H24O3/c1-18-14-19(16-25-23-8-4-2-6-20(23)10-12-27(25)30)15-22(29(18)32)17-26-24-9-5-3-7-21(24)11-13-28(26)31/h2-15,30-32H,16-17H2,1H3. The van der Waals surface area contributed by atoms with Crippen molar-refractivity contribution < 1.29 is 15.3 Å². The first-order valence-electron chi connectivity index (χ1n) is 10.7. The van der Waals surface area contributed by atoms with E-state index in [-0.39, 0.29) is 17.2 Å². The number of aryl methyl sites for hydroxylation is 1. The number of hydrogen-bond acceptors (Lipinski definition) is 3. The molecule has 3 N–H and O–H groups in total. The molecular formula is C29H24O3. The topological polar surface area (TPSA) is 60.7 Å². The predicted octanol–water partition coefficient (Wildman–Crippen LogP) is 6.60. The summed E-state index contributed by atoms with van der Waals surface area (Å²) in [5.41, 5.74) is 4.19. The van der Waals surface area contributed by atoms with E-state index in [0.29, 0.717) is 12.8 Å². The Labute approximate surface area is 186 Å². The zero-order chi connectivity index (χ0) is 22.2. The molecule has 0 fully saturated rings. The summed E-state index contributed by atoms with van der Waals surface area (Å²) in [6.07, 6.45) is 0.956. The molecule has 0 saturated carbocycles. The van der Waals surface area contributed by atoms with Crippen LogP contribution in [0.1, 0.15) is 27.8 Å². The fourth-order valence-corrected chi connectivity index (χ4v) is 4.59. The average molecular weight is 421 g/mol. The fraction of sp³-hybridized carbons (Fsp3) is 0.103. The zero-order valence-corrected chi connectivity index (χ0v) is 17.8. The molecule has 0 aliphatic carbocycles. The molecule has 3 nitrogen and oxygen atoms in total. The molecule has 0 radical (unpaired) electrons. The van der Waals surface area contributed by atoms with E-state index in [0.717, 1.165) is 49.4 Å². The SMILES string of the molecule is Cc1cc(Cc2c(O)ccc3ccccc23)cc(Cc2c(O)ccc3ccccc23)c1O. The van der Waals surface area contributed by atoms with Crippen molar-refractivity contribution in [2.45, 2.75) is 19.8 Å². The molecule has 0 unspecified atom stereocenters. The van der Waals surface area contributed by atoms with E-state index in [1.807, 2.05) is 79.7 Å². The van der Waals surface area contributed by atoms with Crippen molar-refractivity contribution in [2.24, 2.45) is 0 Å². The molecule has 0 bridgehead atoms. The summed E-state index contributed by atoms with van der Waals surface area (Å²) in [7, 11) is 0. The number of phenols is 3. The van der Waals surface area contributed by atoms with Crippen molar-refractivity contribution in [3.8, 4) is 17.2 Å². The second-order valence-corrected chi connectivity index (χ2v) is 8.34. The number of phenolic OH excluding ortho intramolecular Hbond substituents is 3. The lowest BCUT2D eigenvalue weighted by molar-refractivity contribution is 0.461. The van der Waals surface area contributed by atoms with Gasteiger partial charge >= 0.3 is 0 Å². The highest BCUT2D eigenvalue weighted by Crippen LogP contribution is 2.35. The predicted molar refractivity (Wildman–Crippen MR) is 130 cm³/mol. The van der Waals surface area contributed by atoms with Gasteiger partial charge in [0.25, 0.3) is 0 Å². The van der Waals surface area contributed by atoms with Crippen LogP contribution in [0.15, 0.2) is 84.9 Å². The monoisotopic (exact) mass is 420 g/mol. The summed E-state index contributed by atoms with van der Waals surface area (Å²) in [5, 5.41) is 36.1. The molecule has 158 valence electrons. The van der Waals surface area contributed by atoms with Crippen molar-refractivity contribution in [1.82, 2.24) is 0 Å². The van der Waals surface area contributed by atoms with Crippen LogP contribution >= 0.6 is 0 Å². The van der Waals surface area contributed by atoms with Crippen molar-refractivity contribution in [2.75, 3.05) is 0 Å². The number of rotatable bonds is 4. The van der Waals surface area contributed by atoms with Crippen LogP contribution in [0, 0.1) is 6.92 Å². The van der Waals surface area contributed by atoms with Crippen LogP contribution in [0.2, 0.25) is 0 Å². The molecule has 3 heteroatoms. The summed E-state index contributed by atoms with van der Waals surface area (Å²) >= 11 is 0. The largest absolute Gasteiger partial charge is 0.508 e. The quantitative estimate of drug-likeness (QED) is 0.307. The lowest BCUT2D eigenvalue weighted by Gasteiger charge is -2.15. The first kappa shape index (κ1) is 20.0. The van der Waals surface area contributed by atoms with Gasteiger partial charge in [0.05, 0.1) is 0 Å². The third-order valence-electron chi connectivity index (χ3n) is 6.22. The molecule has 0 aliphatic rings. The zero-order valence-electron chi connectivity index (χ0n) is 17.8. The van der Waals surface area contributed by atoms with Crippen LogP contribution in [-0.4, -0.2) is 15.3 Å². The van der Waals surface area contributed by atoms with Crippen molar-refractivity contribution >= 4 is 21.5 Å². The summed E-state index contributed by atoms with van der Waals surface area (Å²) in [4.78, 5) is 0. The summed E-state index contributed by atoms with van der Waals surface area (Å²) in [6.45, 7) is 1.88. The van der Waals surface area contributed by atoms with Crippen LogP contribution in [0.4, 0.5) is 0 Å². The van der Waals surface area contributed by atoms with Gasteiger partial charge in [-0.3, -0.25) is 0 Å². The number of hydrogen-bond donors (Lipinski definition) is 3. The van der Waals surface area contributed by atoms with Gasteiger partial charge in [-0.05, 0) is 57.3 Å². The first-order valence-corrected chi connectivity index (χ1v) is 10.7. The molecule has 0 atom stereocenters. The van der Waals surface area contributed by atoms with Gasteiger partial charge in [-0.1, -0.05) is 72.8 Å². The number of aromatic hydroxyl groups is 3. The average Bonchev–Trinajstić information content (AvgIpc) is 2.80. The highest BCUT2D eigenvalue weighted by molar-refractivity contribution is 5.89. The van der Waals surface area contributed by atoms with E-state index < -0.39 is 0 Å². The molecule has 0 spiro atoms. The minimum Gasteiger partial charge on any atom is -0.508 e. The van der Waals surface area contributed by atoms with E-state index in [9.17, 15) is 15.3 Å². The van der Waals surface area contributed by atoms with Crippen LogP contribution < -0.4 is 0 Å². The minimum absolute atomic E-state index is 0.220. The first-order chi connectivity index (χ1) is 15.5. The lowest BCUT2D eigenvalue weighted by Crippen LogP contribution is -1.98. The van der Waals surface area contributed by atoms with Crippen molar-refractivity contribution in [1.29, 1.82) is 0 Å². The molecule has 0 aromatic heterocycles. The third kappa shape index (κ3) is 3.52. The van der Waals surface area contributed by atoms with Gasteiger partial charge in [-0.25, -0.2) is 0 Å². The normalized spacial score (nSPS) is 11.3. The smallest absolute Gasteiger partial charge is 0.122 e. The Kier molecular flexibility index (Phi) is 4.95. The van der Waals surface area contributed by atoms with Gasteiger partial charge in [0.1, 0.15) is 17.2 Å². The summed E-state index contributed by atoms with van der Waals surface area (Å²) in [6, 6.07) is 27.2. The Balaban J connectivity index is 1.59. The van der Waals surface area contributed by atoms with Crippen LogP contribution in [0.25, 0.3) is 21.5 Å². The summed E-state index contributed by atoms with van der Waals surface area (Å²) < 4.78 is 0. The van der Waals surface area contributed by atoms with E-state index in [1.165, 1.54) is 0 Å². The maximum absolute atomic E-state index is 10.8. The maximum atomic E-state index is 10.8. The Morgan fingerprint density at radius 3 is 1.72 bits per heavy atom. The van der Waals surface area contributed by atoms with Gasteiger partial charge in [-0.2, -0.15) is 0 Å². The van der Waals surface area contributed by atoms with Crippen LogP contribution in [0.5, 0.6) is 17.2 Å². The molecule has 5 rings (SSSR count). The molecular weight excluding hydrogens is 396 g/mol. The second-order valence-electron chi connectivity index (χ2n) is 8.34. The molecule has 5 aromatic rings. The van der Waals surface area contributed by atoms with E-state index in [1.54, 1.807) is 12.1 Å². The maximum Gasteiger partial charge on any atom is 0.122 e. The highest BCUT2D eigenvalue weighted by Gasteiger charge is 2.15. The second kappa shape index (κ2) is 7.93. The van der Waals surface area contributed by atoms with Crippen LogP contribution in [0.3, 0.4) is 0 Å². The van der Waals surface area contributed by atoms with Gasteiger partial charge in [0, 0.05) is 24.0 Å². The van der Waals surface area contributed by atoms with Crippen molar-refractivity contribution in [3.63, 3.8) is 0 Å². The molecule has 0 aliphatic heterocycles. The van der Waals surface area contributed by atoms with Crippen molar-refractivity contribution in [3.05, 3.63) is 113 Å². The Bertz CT molecular complexity index is 1470. The van der Waals surface area contributed by atoms with E-state index >= 15 is 0 Å². The van der Waals surface area contributed by atoms with E-state index in [4.69, 9.17) is 0 Å². The van der Waals surface area contributed by atoms with Crippen LogP contribution in [-0.2, 0) is 12.8 Å². The minimum atomic E-state index is 0.220. The number of benzene rings is 5. The molecule has 32 heavy (non-hydrogen) atoms. The molecule has 0 amide bonds. The van der Waals surface area contributed by atoms with E-state index in [2.05, 4.69) is 0 Å². The molecule has 5 aromatic carbocycles. The summed E-state index contributed by atoms with van der Waals surface area (Å²) in [5.74, 6) is 0.726. The van der Waals surface area contributed by atoms with Gasteiger partial charge < -0.3 is 15.3 Å². The number of fused-ring (bicyclic) bond motifs is 2. The van der Waals surface area contributed by atoms with Gasteiger partial charge in [-0.15, -0.1) is 0 Å².